The highest BCUT2D eigenvalue weighted by Gasteiger charge is 2.17. The summed E-state index contributed by atoms with van der Waals surface area (Å²) in [6, 6.07) is -1.60. The Morgan fingerprint density at radius 1 is 0.792 bits per heavy atom. The number of carboxylic acids is 2. The van der Waals surface area contributed by atoms with E-state index in [2.05, 4.69) is 10.6 Å². The Bertz CT molecular complexity index is 378. The van der Waals surface area contributed by atoms with Gasteiger partial charge in [0.2, 0.25) is 11.8 Å². The third kappa shape index (κ3) is 14.7. The van der Waals surface area contributed by atoms with Crippen LogP contribution in [0, 0.1) is 0 Å². The fraction of sp³-hybridized carbons (Fsp3) is 0.714. The highest BCUT2D eigenvalue weighted by atomic mass is 16.4. The third-order valence-corrected chi connectivity index (χ3v) is 2.75. The van der Waals surface area contributed by atoms with Crippen molar-refractivity contribution in [2.45, 2.75) is 51.6 Å². The van der Waals surface area contributed by atoms with Crippen LogP contribution in [0.25, 0.3) is 0 Å². The molecule has 0 aromatic rings. The Hall–Kier alpha value is -2.20. The Balaban J connectivity index is 0. The van der Waals surface area contributed by atoms with Gasteiger partial charge in [0.1, 0.15) is 12.1 Å². The van der Waals surface area contributed by atoms with Crippen molar-refractivity contribution in [3.63, 3.8) is 0 Å². The number of carboxylic acid groups (broad SMARTS) is 2. The molecular formula is C14H28N4O6. The average Bonchev–Trinajstić information content (AvgIpc) is 2.47. The van der Waals surface area contributed by atoms with E-state index in [0.717, 1.165) is 0 Å². The molecule has 0 aliphatic rings. The van der Waals surface area contributed by atoms with Gasteiger partial charge in [0, 0.05) is 13.8 Å². The second kappa shape index (κ2) is 14.4. The fourth-order valence-corrected chi connectivity index (χ4v) is 1.65. The van der Waals surface area contributed by atoms with E-state index in [1.165, 1.54) is 13.8 Å². The van der Waals surface area contributed by atoms with Crippen LogP contribution in [0.3, 0.4) is 0 Å². The molecule has 0 fully saturated rings. The molecule has 0 unspecified atom stereocenters. The number of nitrogens with two attached hydrogens (primary N) is 2. The predicted octanol–water partition coefficient (Wildman–Crippen LogP) is -1.37. The van der Waals surface area contributed by atoms with Crippen molar-refractivity contribution in [2.24, 2.45) is 11.5 Å². The molecule has 2 amide bonds. The second-order valence-corrected chi connectivity index (χ2v) is 5.04. The molecule has 0 aliphatic heterocycles. The number of hydrogen-bond donors (Lipinski definition) is 6. The van der Waals surface area contributed by atoms with Gasteiger partial charge in [0.15, 0.2) is 0 Å². The molecule has 0 spiro atoms. The van der Waals surface area contributed by atoms with Crippen molar-refractivity contribution in [1.29, 1.82) is 0 Å². The summed E-state index contributed by atoms with van der Waals surface area (Å²) in [6.07, 6.45) is 1.95. The zero-order valence-corrected chi connectivity index (χ0v) is 14.1. The number of carbonyl (C=O) groups excluding carboxylic acids is 2. The Labute approximate surface area is 141 Å². The van der Waals surface area contributed by atoms with Crippen molar-refractivity contribution in [3.05, 3.63) is 0 Å². The fourth-order valence-electron chi connectivity index (χ4n) is 1.65. The molecule has 10 heteroatoms. The lowest BCUT2D eigenvalue weighted by atomic mass is 10.1. The van der Waals surface area contributed by atoms with Crippen LogP contribution >= 0.6 is 0 Å². The van der Waals surface area contributed by atoms with E-state index in [9.17, 15) is 19.2 Å². The molecule has 0 bridgehead atoms. The molecule has 0 aromatic carbocycles. The minimum Gasteiger partial charge on any atom is -0.480 e. The average molecular weight is 348 g/mol. The maximum absolute atomic E-state index is 10.5. The zero-order chi connectivity index (χ0) is 19.1. The summed E-state index contributed by atoms with van der Waals surface area (Å²) in [5.74, 6) is -2.70. The lowest BCUT2D eigenvalue weighted by molar-refractivity contribution is -0.142. The normalized spacial score (nSPS) is 12.2. The van der Waals surface area contributed by atoms with Crippen LogP contribution in [0.15, 0.2) is 0 Å². The van der Waals surface area contributed by atoms with E-state index in [0.29, 0.717) is 38.8 Å². The van der Waals surface area contributed by atoms with Crippen molar-refractivity contribution in [2.75, 3.05) is 13.1 Å². The highest BCUT2D eigenvalue weighted by molar-refractivity contribution is 5.82. The molecule has 0 aromatic heterocycles. The molecule has 8 N–H and O–H groups in total. The Kier molecular flexibility index (Phi) is 14.4. The van der Waals surface area contributed by atoms with Gasteiger partial charge in [0.05, 0.1) is 0 Å². The van der Waals surface area contributed by atoms with Gasteiger partial charge in [-0.1, -0.05) is 0 Å². The van der Waals surface area contributed by atoms with Gasteiger partial charge in [-0.2, -0.15) is 0 Å². The summed E-state index contributed by atoms with van der Waals surface area (Å²) < 4.78 is 0. The number of nitrogens with one attached hydrogen (secondary N) is 2. The van der Waals surface area contributed by atoms with Crippen LogP contribution in [0.5, 0.6) is 0 Å². The first-order valence-corrected chi connectivity index (χ1v) is 7.55. The van der Waals surface area contributed by atoms with E-state index < -0.39 is 24.0 Å². The van der Waals surface area contributed by atoms with Crippen molar-refractivity contribution in [3.8, 4) is 0 Å². The molecule has 10 nitrogen and oxygen atoms in total. The minimum atomic E-state index is -1.02. The number of amides is 2. The van der Waals surface area contributed by atoms with Crippen LogP contribution in [0.4, 0.5) is 0 Å². The maximum atomic E-state index is 10.5. The lowest BCUT2D eigenvalue weighted by Gasteiger charge is -2.11. The van der Waals surface area contributed by atoms with Gasteiger partial charge >= 0.3 is 11.9 Å². The van der Waals surface area contributed by atoms with Crippen LogP contribution in [0.2, 0.25) is 0 Å². The first-order valence-electron chi connectivity index (χ1n) is 7.55. The van der Waals surface area contributed by atoms with E-state index in [-0.39, 0.29) is 11.8 Å². The number of aliphatic carboxylic acids is 2. The molecule has 0 radical (unpaired) electrons. The first-order chi connectivity index (χ1) is 11.1. The monoisotopic (exact) mass is 348 g/mol. The number of hydrogen-bond acceptors (Lipinski definition) is 6. The molecule has 0 aliphatic carbocycles. The number of rotatable bonds is 10. The third-order valence-electron chi connectivity index (χ3n) is 2.75. The van der Waals surface area contributed by atoms with E-state index in [4.69, 9.17) is 21.7 Å². The second-order valence-electron chi connectivity index (χ2n) is 5.04. The SMILES string of the molecule is CC(=O)N[C@@H](CCCN)C(=O)O.CC(=O)N[C@@H](CCCN)C(=O)O. The van der Waals surface area contributed by atoms with E-state index in [1.807, 2.05) is 0 Å². The van der Waals surface area contributed by atoms with Gasteiger partial charge in [-0.3, -0.25) is 9.59 Å². The molecule has 2 atom stereocenters. The van der Waals surface area contributed by atoms with Gasteiger partial charge in [0.25, 0.3) is 0 Å². The lowest BCUT2D eigenvalue weighted by Crippen LogP contribution is -2.39. The summed E-state index contributed by atoms with van der Waals surface area (Å²) in [4.78, 5) is 42.0. The predicted molar refractivity (Wildman–Crippen MR) is 87.1 cm³/mol. The quantitative estimate of drug-likeness (QED) is 0.279. The van der Waals surface area contributed by atoms with Crippen molar-refractivity contribution in [1.82, 2.24) is 10.6 Å². The largest absolute Gasteiger partial charge is 0.480 e. The summed E-state index contributed by atoms with van der Waals surface area (Å²) in [6.45, 7) is 3.45. The Morgan fingerprint density at radius 3 is 1.25 bits per heavy atom. The molecular weight excluding hydrogens is 320 g/mol. The van der Waals surface area contributed by atoms with Crippen LogP contribution < -0.4 is 22.1 Å². The van der Waals surface area contributed by atoms with Crippen molar-refractivity contribution < 1.29 is 29.4 Å². The van der Waals surface area contributed by atoms with Crippen molar-refractivity contribution >= 4 is 23.8 Å². The highest BCUT2D eigenvalue weighted by Crippen LogP contribution is 1.96. The van der Waals surface area contributed by atoms with Crippen LogP contribution in [-0.4, -0.2) is 59.1 Å². The molecule has 0 saturated carbocycles. The first kappa shape index (κ1) is 24.1. The summed E-state index contributed by atoms with van der Waals surface area (Å²) in [7, 11) is 0. The topological polar surface area (TPSA) is 185 Å². The summed E-state index contributed by atoms with van der Waals surface area (Å²) >= 11 is 0. The van der Waals surface area contributed by atoms with E-state index >= 15 is 0 Å². The van der Waals surface area contributed by atoms with E-state index in [1.54, 1.807) is 0 Å². The molecule has 0 rings (SSSR count). The minimum absolute atomic E-state index is 0.334. The zero-order valence-electron chi connectivity index (χ0n) is 14.1. The number of carbonyl (C=O) groups is 4. The molecule has 24 heavy (non-hydrogen) atoms. The van der Waals surface area contributed by atoms with Crippen LogP contribution in [-0.2, 0) is 19.2 Å². The van der Waals surface area contributed by atoms with Gasteiger partial charge < -0.3 is 32.3 Å². The smallest absolute Gasteiger partial charge is 0.326 e. The summed E-state index contributed by atoms with van der Waals surface area (Å²) in [5, 5.41) is 21.8. The van der Waals surface area contributed by atoms with Gasteiger partial charge in [-0.15, -0.1) is 0 Å². The summed E-state index contributed by atoms with van der Waals surface area (Å²) in [5.41, 5.74) is 10.4. The molecule has 140 valence electrons. The molecule has 0 heterocycles. The van der Waals surface area contributed by atoms with Gasteiger partial charge in [-0.05, 0) is 38.8 Å². The standard InChI is InChI=1S/2C7H14N2O3/c2*1-5(10)9-6(7(11)12)3-2-4-8/h2*6H,2-4,8H2,1H3,(H,9,10)(H,11,12)/t2*6-/m00/s1. The van der Waals surface area contributed by atoms with Gasteiger partial charge in [-0.25, -0.2) is 9.59 Å². The Morgan fingerprint density at radius 2 is 1.08 bits per heavy atom. The maximum Gasteiger partial charge on any atom is 0.326 e. The molecule has 0 saturated heterocycles. The van der Waals surface area contributed by atoms with Crippen LogP contribution in [0.1, 0.15) is 39.5 Å².